The number of sulfonamides is 1. The van der Waals surface area contributed by atoms with Gasteiger partial charge in [-0.1, -0.05) is 26.2 Å². The third-order valence-corrected chi connectivity index (χ3v) is 3.89. The average molecular weight is 256 g/mol. The van der Waals surface area contributed by atoms with Crippen LogP contribution in [0.15, 0.2) is 0 Å². The maximum Gasteiger partial charge on any atom is 0.211 e. The summed E-state index contributed by atoms with van der Waals surface area (Å²) in [4.78, 5) is 0. The molecule has 0 aliphatic rings. The number of rotatable bonds is 10. The summed E-state index contributed by atoms with van der Waals surface area (Å²) >= 11 is 5.53. The van der Waals surface area contributed by atoms with Gasteiger partial charge in [0.1, 0.15) is 0 Å². The standard InChI is InChI=1S/C10H22ClNO2S/c1-2-3-10-15(13,14)12-9-7-5-4-6-8-11/h12H,2-10H2,1H3. The number of hydrogen-bond acceptors (Lipinski definition) is 2. The summed E-state index contributed by atoms with van der Waals surface area (Å²) in [6.45, 7) is 2.55. The average Bonchev–Trinajstić information content (AvgIpc) is 2.20. The molecule has 0 amide bonds. The van der Waals surface area contributed by atoms with Gasteiger partial charge in [-0.3, -0.25) is 0 Å². The number of hydrogen-bond donors (Lipinski definition) is 1. The van der Waals surface area contributed by atoms with Crippen molar-refractivity contribution < 1.29 is 8.42 Å². The lowest BCUT2D eigenvalue weighted by Crippen LogP contribution is -2.27. The van der Waals surface area contributed by atoms with Crippen molar-refractivity contribution in [1.29, 1.82) is 0 Å². The van der Waals surface area contributed by atoms with Gasteiger partial charge in [0.25, 0.3) is 0 Å². The number of alkyl halides is 1. The minimum atomic E-state index is -3.01. The van der Waals surface area contributed by atoms with Crippen LogP contribution in [0.5, 0.6) is 0 Å². The maximum absolute atomic E-state index is 11.3. The van der Waals surface area contributed by atoms with Gasteiger partial charge in [0.15, 0.2) is 0 Å². The predicted molar refractivity (Wildman–Crippen MR) is 65.9 cm³/mol. The lowest BCUT2D eigenvalue weighted by Gasteiger charge is -2.05. The van der Waals surface area contributed by atoms with Gasteiger partial charge < -0.3 is 0 Å². The Morgan fingerprint density at radius 2 is 1.73 bits per heavy atom. The minimum Gasteiger partial charge on any atom is -0.215 e. The Morgan fingerprint density at radius 1 is 1.07 bits per heavy atom. The monoisotopic (exact) mass is 255 g/mol. The fourth-order valence-electron chi connectivity index (χ4n) is 1.21. The Kier molecular flexibility index (Phi) is 9.55. The Hall–Kier alpha value is 0.200. The van der Waals surface area contributed by atoms with Crippen LogP contribution in [0.1, 0.15) is 45.4 Å². The van der Waals surface area contributed by atoms with Gasteiger partial charge in [-0.25, -0.2) is 13.1 Å². The molecule has 0 aromatic carbocycles. The fourth-order valence-corrected chi connectivity index (χ4v) is 2.66. The molecule has 0 radical (unpaired) electrons. The van der Waals surface area contributed by atoms with Crippen LogP contribution in [-0.4, -0.2) is 26.6 Å². The summed E-state index contributed by atoms with van der Waals surface area (Å²) in [6.07, 6.45) is 5.70. The molecular formula is C10H22ClNO2S. The van der Waals surface area contributed by atoms with Gasteiger partial charge in [-0.15, -0.1) is 11.6 Å². The first-order chi connectivity index (χ1) is 7.12. The number of halogens is 1. The second-order valence-corrected chi connectivity index (χ2v) is 5.97. The largest absolute Gasteiger partial charge is 0.215 e. The third kappa shape index (κ3) is 10.5. The van der Waals surface area contributed by atoms with Crippen LogP contribution >= 0.6 is 11.6 Å². The summed E-state index contributed by atoms with van der Waals surface area (Å²) < 4.78 is 25.3. The van der Waals surface area contributed by atoms with Gasteiger partial charge in [-0.05, 0) is 19.3 Å². The zero-order valence-electron chi connectivity index (χ0n) is 9.47. The van der Waals surface area contributed by atoms with Crippen molar-refractivity contribution >= 4 is 21.6 Å². The SMILES string of the molecule is CCCCS(=O)(=O)NCCCCCCCl. The topological polar surface area (TPSA) is 46.2 Å². The molecule has 0 spiro atoms. The molecule has 0 rings (SSSR count). The molecule has 0 aliphatic heterocycles. The van der Waals surface area contributed by atoms with Crippen LogP contribution in [0.4, 0.5) is 0 Å². The van der Waals surface area contributed by atoms with Crippen molar-refractivity contribution in [1.82, 2.24) is 4.72 Å². The molecule has 0 heterocycles. The van der Waals surface area contributed by atoms with Crippen molar-refractivity contribution in [3.8, 4) is 0 Å². The fraction of sp³-hybridized carbons (Fsp3) is 1.00. The molecule has 1 N–H and O–H groups in total. The van der Waals surface area contributed by atoms with Crippen molar-refractivity contribution in [3.05, 3.63) is 0 Å². The molecule has 0 atom stereocenters. The highest BCUT2D eigenvalue weighted by atomic mass is 35.5. The van der Waals surface area contributed by atoms with Gasteiger partial charge >= 0.3 is 0 Å². The van der Waals surface area contributed by atoms with E-state index in [2.05, 4.69) is 4.72 Å². The maximum atomic E-state index is 11.3. The molecule has 0 aromatic heterocycles. The lowest BCUT2D eigenvalue weighted by molar-refractivity contribution is 0.570. The van der Waals surface area contributed by atoms with Crippen LogP contribution in [0.25, 0.3) is 0 Å². The quantitative estimate of drug-likeness (QED) is 0.482. The van der Waals surface area contributed by atoms with Gasteiger partial charge in [0.05, 0.1) is 5.75 Å². The molecule has 0 saturated carbocycles. The second-order valence-electron chi connectivity index (χ2n) is 3.67. The molecule has 3 nitrogen and oxygen atoms in total. The van der Waals surface area contributed by atoms with Crippen LogP contribution in [-0.2, 0) is 10.0 Å². The Labute approximate surface area is 98.6 Å². The van der Waals surface area contributed by atoms with Crippen LogP contribution in [0.2, 0.25) is 0 Å². The van der Waals surface area contributed by atoms with E-state index in [4.69, 9.17) is 11.6 Å². The summed E-state index contributed by atoms with van der Waals surface area (Å²) in [5.74, 6) is 0.952. The van der Waals surface area contributed by atoms with E-state index in [-0.39, 0.29) is 5.75 Å². The van der Waals surface area contributed by atoms with E-state index in [9.17, 15) is 8.42 Å². The van der Waals surface area contributed by atoms with Crippen molar-refractivity contribution in [2.75, 3.05) is 18.2 Å². The molecule has 0 fully saturated rings. The van der Waals surface area contributed by atoms with Crippen molar-refractivity contribution in [2.45, 2.75) is 45.4 Å². The van der Waals surface area contributed by atoms with E-state index < -0.39 is 10.0 Å². The highest BCUT2D eigenvalue weighted by molar-refractivity contribution is 7.89. The van der Waals surface area contributed by atoms with Crippen LogP contribution in [0, 0.1) is 0 Å². The molecule has 15 heavy (non-hydrogen) atoms. The summed E-state index contributed by atoms with van der Waals surface area (Å²) in [6, 6.07) is 0. The van der Waals surface area contributed by atoms with Gasteiger partial charge in [0.2, 0.25) is 10.0 Å². The molecule has 92 valence electrons. The molecule has 5 heteroatoms. The van der Waals surface area contributed by atoms with Crippen LogP contribution in [0.3, 0.4) is 0 Å². The van der Waals surface area contributed by atoms with E-state index in [1.165, 1.54) is 0 Å². The zero-order chi connectivity index (χ0) is 11.6. The smallest absolute Gasteiger partial charge is 0.211 e. The van der Waals surface area contributed by atoms with E-state index in [0.717, 1.165) is 38.5 Å². The highest BCUT2D eigenvalue weighted by Crippen LogP contribution is 2.01. The zero-order valence-corrected chi connectivity index (χ0v) is 11.0. The van der Waals surface area contributed by atoms with Crippen LogP contribution < -0.4 is 4.72 Å². The lowest BCUT2D eigenvalue weighted by atomic mass is 10.2. The van der Waals surface area contributed by atoms with Gasteiger partial charge in [-0.2, -0.15) is 0 Å². The minimum absolute atomic E-state index is 0.255. The molecule has 0 aliphatic carbocycles. The second kappa shape index (κ2) is 9.43. The highest BCUT2D eigenvalue weighted by Gasteiger charge is 2.07. The van der Waals surface area contributed by atoms with Crippen molar-refractivity contribution in [3.63, 3.8) is 0 Å². The summed E-state index contributed by atoms with van der Waals surface area (Å²) in [5.41, 5.74) is 0. The first-order valence-corrected chi connectivity index (χ1v) is 7.84. The Balaban J connectivity index is 3.41. The number of nitrogens with one attached hydrogen (secondary N) is 1. The Bertz CT molecular complexity index is 230. The Morgan fingerprint density at radius 3 is 2.33 bits per heavy atom. The predicted octanol–water partition coefficient (Wildman–Crippen LogP) is 2.51. The molecule has 0 bridgehead atoms. The summed E-state index contributed by atoms with van der Waals surface area (Å²) in [5, 5.41) is 0. The summed E-state index contributed by atoms with van der Waals surface area (Å²) in [7, 11) is -3.01. The first-order valence-electron chi connectivity index (χ1n) is 5.65. The first kappa shape index (κ1) is 15.2. The molecular weight excluding hydrogens is 234 g/mol. The normalized spacial score (nSPS) is 11.9. The van der Waals surface area contributed by atoms with Crippen molar-refractivity contribution in [2.24, 2.45) is 0 Å². The molecule has 0 unspecified atom stereocenters. The van der Waals surface area contributed by atoms with E-state index >= 15 is 0 Å². The van der Waals surface area contributed by atoms with E-state index in [1.807, 2.05) is 6.92 Å². The van der Waals surface area contributed by atoms with Gasteiger partial charge in [0, 0.05) is 12.4 Å². The third-order valence-electron chi connectivity index (χ3n) is 2.15. The molecule has 0 saturated heterocycles. The van der Waals surface area contributed by atoms with E-state index in [1.54, 1.807) is 0 Å². The molecule has 0 aromatic rings. The number of unbranched alkanes of at least 4 members (excludes halogenated alkanes) is 4. The van der Waals surface area contributed by atoms with E-state index in [0.29, 0.717) is 12.4 Å².